The predicted octanol–water partition coefficient (Wildman–Crippen LogP) is 1.01. The third-order valence-corrected chi connectivity index (χ3v) is 8.99. The number of hydrogen-bond acceptors (Lipinski definition) is 3. The van der Waals surface area contributed by atoms with Gasteiger partial charge in [0.1, 0.15) is 0 Å². The maximum Gasteiger partial charge on any atom is 0.334 e. The van der Waals surface area contributed by atoms with Crippen LogP contribution in [0.1, 0.15) is 0 Å². The van der Waals surface area contributed by atoms with Crippen molar-refractivity contribution in [3.8, 4) is 0 Å². The molecule has 2 aliphatic rings. The molecule has 0 radical (unpaired) electrons. The van der Waals surface area contributed by atoms with Crippen LogP contribution in [-0.4, -0.2) is 26.7 Å². The molecule has 0 unspecified atom stereocenters. The first-order valence-electron chi connectivity index (χ1n) is 4.57. The predicted molar refractivity (Wildman–Crippen MR) is 54.5 cm³/mol. The zero-order chi connectivity index (χ0) is 9.36. The molecular weight excluding hydrogens is 200 g/mol. The Bertz CT molecular complexity index is 220. The van der Waals surface area contributed by atoms with Crippen LogP contribution in [0, 0.1) is 0 Å². The van der Waals surface area contributed by atoms with E-state index in [1.165, 1.54) is 0 Å². The van der Waals surface area contributed by atoms with Gasteiger partial charge in [0.15, 0.2) is 0 Å². The van der Waals surface area contributed by atoms with Crippen molar-refractivity contribution in [1.82, 2.24) is 0 Å². The van der Waals surface area contributed by atoms with Crippen molar-refractivity contribution in [2.45, 2.75) is 24.2 Å². The van der Waals surface area contributed by atoms with Gasteiger partial charge in [0.25, 0.3) is 0 Å². The van der Waals surface area contributed by atoms with Gasteiger partial charge >= 0.3 is 17.1 Å². The Morgan fingerprint density at radius 3 is 1.38 bits per heavy atom. The fourth-order valence-electron chi connectivity index (χ4n) is 1.76. The molecule has 2 N–H and O–H groups in total. The van der Waals surface area contributed by atoms with Gasteiger partial charge in [0, 0.05) is 24.2 Å². The third kappa shape index (κ3) is 2.00. The van der Waals surface area contributed by atoms with Gasteiger partial charge in [-0.25, -0.2) is 0 Å². The molecule has 0 amide bonds. The van der Waals surface area contributed by atoms with Crippen LogP contribution in [-0.2, 0) is 4.12 Å². The lowest BCUT2D eigenvalue weighted by Crippen LogP contribution is -2.49. The highest BCUT2D eigenvalue weighted by Gasteiger charge is 2.45. The van der Waals surface area contributed by atoms with Crippen molar-refractivity contribution in [2.75, 3.05) is 0 Å². The van der Waals surface area contributed by atoms with Gasteiger partial charge in [-0.1, -0.05) is 24.3 Å². The second-order valence-electron chi connectivity index (χ2n) is 3.75. The van der Waals surface area contributed by atoms with Gasteiger partial charge in [-0.3, -0.25) is 0 Å². The summed E-state index contributed by atoms with van der Waals surface area (Å²) in [5, 5.41) is 0. The fourth-order valence-corrected chi connectivity index (χ4v) is 8.39. The van der Waals surface area contributed by atoms with E-state index in [1.54, 1.807) is 0 Å². The molecule has 2 rings (SSSR count). The summed E-state index contributed by atoms with van der Waals surface area (Å²) in [6, 6.07) is 2.56. The standard InChI is InChI=1S/C8H14O3Si2/c9-12(5-1-2-6-12)11-13(10)7-3-4-8-13/h1-4,9-10H,5-8H2. The average Bonchev–Trinajstić information content (AvgIpc) is 2.60. The summed E-state index contributed by atoms with van der Waals surface area (Å²) in [5.74, 6) is 0. The monoisotopic (exact) mass is 214 g/mol. The van der Waals surface area contributed by atoms with Crippen molar-refractivity contribution >= 4 is 17.1 Å². The summed E-state index contributed by atoms with van der Waals surface area (Å²) in [4.78, 5) is 20.0. The van der Waals surface area contributed by atoms with Crippen LogP contribution >= 0.6 is 0 Å². The lowest BCUT2D eigenvalue weighted by molar-refractivity contribution is 0.310. The van der Waals surface area contributed by atoms with E-state index in [9.17, 15) is 9.59 Å². The van der Waals surface area contributed by atoms with Gasteiger partial charge in [-0.05, 0) is 0 Å². The minimum Gasteiger partial charge on any atom is -0.414 e. The van der Waals surface area contributed by atoms with Crippen LogP contribution in [0.2, 0.25) is 24.2 Å². The molecule has 0 aromatic rings. The molecule has 0 bridgehead atoms. The Kier molecular flexibility index (Phi) is 2.29. The third-order valence-electron chi connectivity index (χ3n) is 2.46. The minimum atomic E-state index is -2.56. The molecule has 2 heterocycles. The second kappa shape index (κ2) is 3.18. The first-order chi connectivity index (χ1) is 6.12. The van der Waals surface area contributed by atoms with E-state index in [0.717, 1.165) is 0 Å². The molecule has 13 heavy (non-hydrogen) atoms. The molecule has 0 aromatic heterocycles. The smallest absolute Gasteiger partial charge is 0.334 e. The molecule has 5 heteroatoms. The molecule has 0 aromatic carbocycles. The summed E-state index contributed by atoms with van der Waals surface area (Å²) in [5.41, 5.74) is 0. The first-order valence-corrected chi connectivity index (χ1v) is 9.11. The van der Waals surface area contributed by atoms with Gasteiger partial charge in [-0.2, -0.15) is 0 Å². The van der Waals surface area contributed by atoms with E-state index >= 15 is 0 Å². The van der Waals surface area contributed by atoms with Crippen LogP contribution in [0.4, 0.5) is 0 Å². The lowest BCUT2D eigenvalue weighted by atomic mass is 10.6. The lowest BCUT2D eigenvalue weighted by Gasteiger charge is -2.29. The van der Waals surface area contributed by atoms with Gasteiger partial charge < -0.3 is 13.7 Å². The Morgan fingerprint density at radius 2 is 1.08 bits per heavy atom. The summed E-state index contributed by atoms with van der Waals surface area (Å²) < 4.78 is 5.61. The minimum absolute atomic E-state index is 0.641. The topological polar surface area (TPSA) is 49.7 Å². The van der Waals surface area contributed by atoms with Crippen LogP contribution < -0.4 is 0 Å². The summed E-state index contributed by atoms with van der Waals surface area (Å²) in [7, 11) is -5.13. The van der Waals surface area contributed by atoms with E-state index in [0.29, 0.717) is 24.2 Å². The Balaban J connectivity index is 1.97. The highest BCUT2D eigenvalue weighted by molar-refractivity contribution is 6.81. The zero-order valence-corrected chi connectivity index (χ0v) is 9.44. The molecule has 3 nitrogen and oxygen atoms in total. The van der Waals surface area contributed by atoms with Gasteiger partial charge in [-0.15, -0.1) is 0 Å². The van der Waals surface area contributed by atoms with E-state index in [4.69, 9.17) is 4.12 Å². The van der Waals surface area contributed by atoms with E-state index in [-0.39, 0.29) is 0 Å². The van der Waals surface area contributed by atoms with Crippen molar-refractivity contribution in [3.05, 3.63) is 24.3 Å². The first kappa shape index (κ1) is 9.35. The van der Waals surface area contributed by atoms with Crippen LogP contribution in [0.3, 0.4) is 0 Å². The molecule has 0 fully saturated rings. The Labute approximate surface area is 79.9 Å². The fraction of sp³-hybridized carbons (Fsp3) is 0.500. The van der Waals surface area contributed by atoms with Crippen LogP contribution in [0.25, 0.3) is 0 Å². The summed E-state index contributed by atoms with van der Waals surface area (Å²) in [6.45, 7) is 0. The molecule has 0 spiro atoms. The molecule has 72 valence electrons. The van der Waals surface area contributed by atoms with Crippen LogP contribution in [0.5, 0.6) is 0 Å². The maximum atomic E-state index is 10.0. The highest BCUT2D eigenvalue weighted by atomic mass is 28.5. The van der Waals surface area contributed by atoms with Gasteiger partial charge in [0.05, 0.1) is 0 Å². The number of hydrogen-bond donors (Lipinski definition) is 2. The molecule has 0 atom stereocenters. The highest BCUT2D eigenvalue weighted by Crippen LogP contribution is 2.30. The maximum absolute atomic E-state index is 10.0. The average molecular weight is 214 g/mol. The number of rotatable bonds is 2. The van der Waals surface area contributed by atoms with E-state index in [1.807, 2.05) is 24.3 Å². The molecular formula is C8H14O3Si2. The molecule has 0 aliphatic carbocycles. The van der Waals surface area contributed by atoms with E-state index in [2.05, 4.69) is 0 Å². The normalized spacial score (nSPS) is 28.5. The zero-order valence-electron chi connectivity index (χ0n) is 7.44. The Hall–Kier alpha value is -0.206. The van der Waals surface area contributed by atoms with Crippen molar-refractivity contribution in [2.24, 2.45) is 0 Å². The van der Waals surface area contributed by atoms with Crippen molar-refractivity contribution in [3.63, 3.8) is 0 Å². The van der Waals surface area contributed by atoms with Crippen LogP contribution in [0.15, 0.2) is 24.3 Å². The summed E-state index contributed by atoms with van der Waals surface area (Å²) >= 11 is 0. The summed E-state index contributed by atoms with van der Waals surface area (Å²) in [6.07, 6.45) is 7.80. The molecule has 0 saturated heterocycles. The number of allylic oxidation sites excluding steroid dienone is 4. The largest absolute Gasteiger partial charge is 0.414 e. The van der Waals surface area contributed by atoms with Crippen molar-refractivity contribution in [1.29, 1.82) is 0 Å². The quantitative estimate of drug-likeness (QED) is 0.533. The molecule has 2 aliphatic heterocycles. The Morgan fingerprint density at radius 1 is 0.769 bits per heavy atom. The second-order valence-corrected chi connectivity index (χ2v) is 9.99. The SMILES string of the molecule is O[Si]1(O[Si]2(O)CC=CC2)CC=CC1. The van der Waals surface area contributed by atoms with Crippen molar-refractivity contribution < 1.29 is 13.7 Å². The van der Waals surface area contributed by atoms with E-state index < -0.39 is 17.1 Å². The molecule has 0 saturated carbocycles. The van der Waals surface area contributed by atoms with Gasteiger partial charge in [0.2, 0.25) is 0 Å².